The molecular formula is C18H19ClFNO. The molecule has 0 spiro atoms. The van der Waals surface area contributed by atoms with E-state index in [9.17, 15) is 9.18 Å². The minimum Gasteiger partial charge on any atom is -0.306 e. The van der Waals surface area contributed by atoms with Crippen molar-refractivity contribution in [1.29, 1.82) is 0 Å². The van der Waals surface area contributed by atoms with Crippen molar-refractivity contribution in [2.75, 3.05) is 4.90 Å². The van der Waals surface area contributed by atoms with E-state index in [0.717, 1.165) is 22.9 Å². The molecular weight excluding hydrogens is 301 g/mol. The van der Waals surface area contributed by atoms with Gasteiger partial charge in [0.05, 0.1) is 10.6 Å². The van der Waals surface area contributed by atoms with E-state index in [4.69, 9.17) is 11.6 Å². The van der Waals surface area contributed by atoms with Crippen LogP contribution in [0.2, 0.25) is 5.02 Å². The van der Waals surface area contributed by atoms with Crippen molar-refractivity contribution in [3.63, 3.8) is 0 Å². The predicted octanol–water partition coefficient (Wildman–Crippen LogP) is 5.15. The van der Waals surface area contributed by atoms with E-state index in [1.54, 1.807) is 4.90 Å². The van der Waals surface area contributed by atoms with Gasteiger partial charge in [-0.1, -0.05) is 23.7 Å². The smallest absolute Gasteiger partial charge is 0.260 e. The van der Waals surface area contributed by atoms with Gasteiger partial charge in [0.2, 0.25) is 0 Å². The van der Waals surface area contributed by atoms with Gasteiger partial charge in [-0.2, -0.15) is 0 Å². The van der Waals surface area contributed by atoms with Crippen molar-refractivity contribution in [1.82, 2.24) is 0 Å². The number of anilines is 1. The highest BCUT2D eigenvalue weighted by atomic mass is 35.5. The van der Waals surface area contributed by atoms with Gasteiger partial charge in [-0.25, -0.2) is 4.39 Å². The van der Waals surface area contributed by atoms with E-state index in [1.165, 1.54) is 12.1 Å². The predicted molar refractivity (Wildman–Crippen MR) is 89.3 cm³/mol. The molecule has 4 heteroatoms. The second-order valence-corrected chi connectivity index (χ2v) is 6.09. The lowest BCUT2D eigenvalue weighted by Gasteiger charge is -2.29. The summed E-state index contributed by atoms with van der Waals surface area (Å²) < 4.78 is 13.2. The molecule has 0 atom stereocenters. The molecule has 0 radical (unpaired) electrons. The molecule has 2 rings (SSSR count). The Morgan fingerprint density at radius 3 is 2.41 bits per heavy atom. The van der Waals surface area contributed by atoms with Crippen LogP contribution in [0.15, 0.2) is 36.4 Å². The lowest BCUT2D eigenvalue weighted by atomic mass is 10.1. The van der Waals surface area contributed by atoms with Gasteiger partial charge in [0, 0.05) is 11.7 Å². The Morgan fingerprint density at radius 1 is 1.14 bits per heavy atom. The zero-order valence-corrected chi connectivity index (χ0v) is 13.9. The maximum atomic E-state index is 13.2. The van der Waals surface area contributed by atoms with Crippen LogP contribution in [0, 0.1) is 19.7 Å². The van der Waals surface area contributed by atoms with E-state index in [2.05, 4.69) is 0 Å². The van der Waals surface area contributed by atoms with Gasteiger partial charge in [0.15, 0.2) is 0 Å². The monoisotopic (exact) mass is 319 g/mol. The first-order chi connectivity index (χ1) is 10.3. The van der Waals surface area contributed by atoms with Crippen LogP contribution in [0.3, 0.4) is 0 Å². The molecule has 2 aromatic carbocycles. The molecule has 0 saturated heterocycles. The lowest BCUT2D eigenvalue weighted by Crippen LogP contribution is -2.37. The van der Waals surface area contributed by atoms with Gasteiger partial charge < -0.3 is 4.90 Å². The quantitative estimate of drug-likeness (QED) is 0.766. The van der Waals surface area contributed by atoms with E-state index < -0.39 is 5.82 Å². The van der Waals surface area contributed by atoms with Crippen molar-refractivity contribution in [2.45, 2.75) is 33.7 Å². The highest BCUT2D eigenvalue weighted by Gasteiger charge is 2.24. The molecule has 116 valence electrons. The fourth-order valence-corrected chi connectivity index (χ4v) is 2.64. The standard InChI is InChI=1S/C18H19ClFNO/c1-11(2)21(17-9-12(3)5-6-13(17)4)18(22)15-8-7-14(20)10-16(15)19/h5-11H,1-4H3. The average molecular weight is 320 g/mol. The van der Waals surface area contributed by atoms with Crippen LogP contribution in [-0.2, 0) is 0 Å². The Balaban J connectivity index is 2.52. The minimum absolute atomic E-state index is 0.0471. The summed E-state index contributed by atoms with van der Waals surface area (Å²) in [6, 6.07) is 9.77. The van der Waals surface area contributed by atoms with Crippen molar-refractivity contribution in [3.8, 4) is 0 Å². The van der Waals surface area contributed by atoms with Crippen LogP contribution < -0.4 is 4.90 Å². The zero-order chi connectivity index (χ0) is 16.4. The maximum Gasteiger partial charge on any atom is 0.260 e. The third kappa shape index (κ3) is 3.30. The van der Waals surface area contributed by atoms with Crippen LogP contribution in [0.5, 0.6) is 0 Å². The molecule has 2 aromatic rings. The van der Waals surface area contributed by atoms with Crippen molar-refractivity contribution in [2.24, 2.45) is 0 Å². The number of carbonyl (C=O) groups is 1. The highest BCUT2D eigenvalue weighted by molar-refractivity contribution is 6.34. The summed E-state index contributed by atoms with van der Waals surface area (Å²) in [5.74, 6) is -0.682. The highest BCUT2D eigenvalue weighted by Crippen LogP contribution is 2.28. The summed E-state index contributed by atoms with van der Waals surface area (Å²) in [5.41, 5.74) is 3.23. The van der Waals surface area contributed by atoms with E-state index in [1.807, 2.05) is 45.9 Å². The second-order valence-electron chi connectivity index (χ2n) is 5.68. The average Bonchev–Trinajstić information content (AvgIpc) is 2.42. The largest absolute Gasteiger partial charge is 0.306 e. The van der Waals surface area contributed by atoms with Gasteiger partial charge in [-0.15, -0.1) is 0 Å². The maximum absolute atomic E-state index is 13.2. The summed E-state index contributed by atoms with van der Waals surface area (Å²) in [4.78, 5) is 14.6. The summed E-state index contributed by atoms with van der Waals surface area (Å²) in [6.07, 6.45) is 0. The second kappa shape index (κ2) is 6.49. The van der Waals surface area contributed by atoms with E-state index in [-0.39, 0.29) is 17.0 Å². The van der Waals surface area contributed by atoms with Gasteiger partial charge in [-0.3, -0.25) is 4.79 Å². The molecule has 0 aliphatic rings. The molecule has 0 aliphatic carbocycles. The summed E-state index contributed by atoms with van der Waals surface area (Å²) in [7, 11) is 0. The Bertz CT molecular complexity index is 712. The number of aryl methyl sites for hydroxylation is 2. The first-order valence-electron chi connectivity index (χ1n) is 7.17. The van der Waals surface area contributed by atoms with Crippen LogP contribution in [0.1, 0.15) is 35.3 Å². The number of rotatable bonds is 3. The summed E-state index contributed by atoms with van der Waals surface area (Å²) in [6.45, 7) is 7.83. The first-order valence-corrected chi connectivity index (χ1v) is 7.55. The van der Waals surface area contributed by atoms with Crippen molar-refractivity contribution in [3.05, 3.63) is 63.9 Å². The van der Waals surface area contributed by atoms with Crippen LogP contribution in [0.25, 0.3) is 0 Å². The normalized spacial score (nSPS) is 10.9. The topological polar surface area (TPSA) is 20.3 Å². The summed E-state index contributed by atoms with van der Waals surface area (Å²) in [5, 5.41) is 0.126. The van der Waals surface area contributed by atoms with Crippen LogP contribution in [-0.4, -0.2) is 11.9 Å². The molecule has 0 N–H and O–H groups in total. The molecule has 0 bridgehead atoms. The number of amides is 1. The fraction of sp³-hybridized carbons (Fsp3) is 0.278. The van der Waals surface area contributed by atoms with Crippen molar-refractivity contribution >= 4 is 23.2 Å². The minimum atomic E-state index is -0.454. The van der Waals surface area contributed by atoms with Crippen LogP contribution >= 0.6 is 11.6 Å². The Morgan fingerprint density at radius 2 is 1.82 bits per heavy atom. The van der Waals surface area contributed by atoms with E-state index >= 15 is 0 Å². The van der Waals surface area contributed by atoms with Crippen LogP contribution in [0.4, 0.5) is 10.1 Å². The number of hydrogen-bond donors (Lipinski definition) is 0. The Hall–Kier alpha value is -1.87. The summed E-state index contributed by atoms with van der Waals surface area (Å²) >= 11 is 6.04. The van der Waals surface area contributed by atoms with Gasteiger partial charge in [0.1, 0.15) is 5.82 Å². The SMILES string of the molecule is Cc1ccc(C)c(N(C(=O)c2ccc(F)cc2Cl)C(C)C)c1. The third-order valence-electron chi connectivity index (χ3n) is 3.52. The molecule has 1 amide bonds. The Kier molecular flexibility index (Phi) is 4.87. The molecule has 22 heavy (non-hydrogen) atoms. The number of carbonyl (C=O) groups excluding carboxylic acids is 1. The number of benzene rings is 2. The van der Waals surface area contributed by atoms with Gasteiger partial charge in [0.25, 0.3) is 5.91 Å². The molecule has 0 aromatic heterocycles. The molecule has 0 heterocycles. The third-order valence-corrected chi connectivity index (χ3v) is 3.83. The number of halogens is 2. The number of nitrogens with zero attached hydrogens (tertiary/aromatic N) is 1. The van der Waals surface area contributed by atoms with Crippen molar-refractivity contribution < 1.29 is 9.18 Å². The molecule has 0 saturated carbocycles. The lowest BCUT2D eigenvalue weighted by molar-refractivity contribution is 0.0980. The van der Waals surface area contributed by atoms with Gasteiger partial charge in [-0.05, 0) is 63.1 Å². The molecule has 0 unspecified atom stereocenters. The Labute approximate surface area is 135 Å². The van der Waals surface area contributed by atoms with Gasteiger partial charge >= 0.3 is 0 Å². The van der Waals surface area contributed by atoms with E-state index in [0.29, 0.717) is 5.56 Å². The molecule has 2 nitrogen and oxygen atoms in total. The first kappa shape index (κ1) is 16.5. The molecule has 0 fully saturated rings. The zero-order valence-electron chi connectivity index (χ0n) is 13.2. The fourth-order valence-electron chi connectivity index (χ4n) is 2.39. The molecule has 0 aliphatic heterocycles. The number of hydrogen-bond acceptors (Lipinski definition) is 1.